The van der Waals surface area contributed by atoms with Crippen LogP contribution in [0.3, 0.4) is 0 Å². The lowest BCUT2D eigenvalue weighted by atomic mass is 9.94. The van der Waals surface area contributed by atoms with Crippen molar-refractivity contribution >= 4 is 11.1 Å². The molecule has 0 amide bonds. The fraction of sp³-hybridized carbons (Fsp3) is 0.200. The fourth-order valence-electron chi connectivity index (χ4n) is 2.40. The maximum atomic E-state index is 5.35. The van der Waals surface area contributed by atoms with E-state index < -0.39 is 0 Å². The number of hydrogen-bond acceptors (Lipinski definition) is 4. The zero-order valence-corrected chi connectivity index (χ0v) is 14.5. The smallest absolute Gasteiger partial charge is 0.161 e. The molecule has 2 aromatic carbocycles. The SMILES string of the molecule is C=C(C(=C)c1ccc(OC)c(OC)c1)c1ccc(OC)c(OC)c1. The van der Waals surface area contributed by atoms with E-state index in [0.717, 1.165) is 22.3 Å². The van der Waals surface area contributed by atoms with E-state index in [4.69, 9.17) is 18.9 Å². The van der Waals surface area contributed by atoms with Crippen LogP contribution in [0.5, 0.6) is 23.0 Å². The predicted molar refractivity (Wildman–Crippen MR) is 97.2 cm³/mol. The summed E-state index contributed by atoms with van der Waals surface area (Å²) in [6.45, 7) is 8.32. The quantitative estimate of drug-likeness (QED) is 0.705. The van der Waals surface area contributed by atoms with E-state index in [9.17, 15) is 0 Å². The maximum Gasteiger partial charge on any atom is 0.161 e. The molecule has 0 aromatic heterocycles. The largest absolute Gasteiger partial charge is 0.493 e. The fourth-order valence-corrected chi connectivity index (χ4v) is 2.40. The van der Waals surface area contributed by atoms with Crippen LogP contribution in [0.15, 0.2) is 49.6 Å². The minimum Gasteiger partial charge on any atom is -0.493 e. The molecule has 24 heavy (non-hydrogen) atoms. The van der Waals surface area contributed by atoms with E-state index in [1.54, 1.807) is 28.4 Å². The monoisotopic (exact) mass is 326 g/mol. The summed E-state index contributed by atoms with van der Waals surface area (Å²) < 4.78 is 21.2. The molecule has 0 saturated heterocycles. The molecule has 0 atom stereocenters. The van der Waals surface area contributed by atoms with E-state index in [1.807, 2.05) is 36.4 Å². The van der Waals surface area contributed by atoms with Crippen molar-refractivity contribution in [1.82, 2.24) is 0 Å². The van der Waals surface area contributed by atoms with Gasteiger partial charge in [-0.3, -0.25) is 0 Å². The van der Waals surface area contributed by atoms with Gasteiger partial charge in [0.05, 0.1) is 28.4 Å². The van der Waals surface area contributed by atoms with Crippen molar-refractivity contribution < 1.29 is 18.9 Å². The topological polar surface area (TPSA) is 36.9 Å². The Morgan fingerprint density at radius 2 is 0.917 bits per heavy atom. The van der Waals surface area contributed by atoms with Crippen LogP contribution in [0.4, 0.5) is 0 Å². The van der Waals surface area contributed by atoms with Gasteiger partial charge in [-0.15, -0.1) is 0 Å². The van der Waals surface area contributed by atoms with E-state index >= 15 is 0 Å². The first kappa shape index (κ1) is 17.5. The normalized spacial score (nSPS) is 10.0. The summed E-state index contributed by atoms with van der Waals surface area (Å²) in [5.41, 5.74) is 3.41. The van der Waals surface area contributed by atoms with Crippen LogP contribution in [-0.4, -0.2) is 28.4 Å². The number of hydrogen-bond donors (Lipinski definition) is 0. The average Bonchev–Trinajstić information content (AvgIpc) is 2.65. The lowest BCUT2D eigenvalue weighted by Crippen LogP contribution is -1.95. The minimum absolute atomic E-state index is 0.649. The Morgan fingerprint density at radius 3 is 1.21 bits per heavy atom. The highest BCUT2D eigenvalue weighted by Gasteiger charge is 2.12. The van der Waals surface area contributed by atoms with Gasteiger partial charge in [0.1, 0.15) is 0 Å². The van der Waals surface area contributed by atoms with Crippen LogP contribution in [-0.2, 0) is 0 Å². The van der Waals surface area contributed by atoms with E-state index in [0.29, 0.717) is 23.0 Å². The van der Waals surface area contributed by atoms with Gasteiger partial charge in [0, 0.05) is 0 Å². The first-order valence-corrected chi connectivity index (χ1v) is 7.38. The Bertz CT molecular complexity index is 697. The van der Waals surface area contributed by atoms with Gasteiger partial charge >= 0.3 is 0 Å². The number of rotatable bonds is 7. The van der Waals surface area contributed by atoms with Crippen molar-refractivity contribution in [3.63, 3.8) is 0 Å². The summed E-state index contributed by atoms with van der Waals surface area (Å²) in [5, 5.41) is 0. The van der Waals surface area contributed by atoms with Crippen molar-refractivity contribution in [2.75, 3.05) is 28.4 Å². The molecule has 0 bridgehead atoms. The molecule has 0 radical (unpaired) electrons. The maximum absolute atomic E-state index is 5.35. The molecule has 0 unspecified atom stereocenters. The van der Waals surface area contributed by atoms with Gasteiger partial charge in [0.15, 0.2) is 23.0 Å². The molecule has 0 spiro atoms. The molecular weight excluding hydrogens is 304 g/mol. The van der Waals surface area contributed by atoms with Gasteiger partial charge in [-0.1, -0.05) is 25.3 Å². The molecule has 0 aliphatic carbocycles. The highest BCUT2D eigenvalue weighted by molar-refractivity contribution is 6.03. The molecule has 0 aliphatic rings. The van der Waals surface area contributed by atoms with Crippen LogP contribution >= 0.6 is 0 Å². The zero-order valence-electron chi connectivity index (χ0n) is 14.5. The van der Waals surface area contributed by atoms with Crippen LogP contribution in [0.25, 0.3) is 11.1 Å². The molecule has 0 N–H and O–H groups in total. The van der Waals surface area contributed by atoms with Crippen molar-refractivity contribution in [2.45, 2.75) is 0 Å². The van der Waals surface area contributed by atoms with Crippen LogP contribution in [0, 0.1) is 0 Å². The summed E-state index contributed by atoms with van der Waals surface area (Å²) in [5.74, 6) is 2.64. The standard InChI is InChI=1S/C20H22O4/c1-13(15-7-9-17(21-3)19(11-15)23-5)14(2)16-8-10-18(22-4)20(12-16)24-6/h7-12H,1-2H2,3-6H3. The summed E-state index contributed by atoms with van der Waals surface area (Å²) in [7, 11) is 6.42. The Labute approximate surface area is 142 Å². The molecule has 0 fully saturated rings. The van der Waals surface area contributed by atoms with E-state index in [-0.39, 0.29) is 0 Å². The Kier molecular flexibility index (Phi) is 5.53. The highest BCUT2D eigenvalue weighted by atomic mass is 16.5. The third kappa shape index (κ3) is 3.38. The number of ether oxygens (including phenoxy) is 4. The van der Waals surface area contributed by atoms with Crippen molar-refractivity contribution in [1.29, 1.82) is 0 Å². The summed E-state index contributed by atoms with van der Waals surface area (Å²) in [6, 6.07) is 11.3. The van der Waals surface area contributed by atoms with E-state index in [2.05, 4.69) is 13.2 Å². The molecule has 2 aromatic rings. The average molecular weight is 326 g/mol. The van der Waals surface area contributed by atoms with Crippen LogP contribution < -0.4 is 18.9 Å². The van der Waals surface area contributed by atoms with Crippen molar-refractivity contribution in [3.8, 4) is 23.0 Å². The predicted octanol–water partition coefficient (Wildman–Crippen LogP) is 4.45. The lowest BCUT2D eigenvalue weighted by Gasteiger charge is -2.15. The van der Waals surface area contributed by atoms with Gasteiger partial charge in [-0.2, -0.15) is 0 Å². The lowest BCUT2D eigenvalue weighted by molar-refractivity contribution is 0.355. The molecule has 0 aliphatic heterocycles. The van der Waals surface area contributed by atoms with E-state index in [1.165, 1.54) is 0 Å². The number of allylic oxidation sites excluding steroid dienone is 2. The Morgan fingerprint density at radius 1 is 0.583 bits per heavy atom. The van der Waals surface area contributed by atoms with Gasteiger partial charge in [-0.25, -0.2) is 0 Å². The summed E-state index contributed by atoms with van der Waals surface area (Å²) >= 11 is 0. The molecule has 0 heterocycles. The van der Waals surface area contributed by atoms with Crippen LogP contribution in [0.2, 0.25) is 0 Å². The molecule has 0 saturated carbocycles. The van der Waals surface area contributed by atoms with Crippen molar-refractivity contribution in [3.05, 3.63) is 60.7 Å². The number of benzene rings is 2. The third-order valence-corrected chi connectivity index (χ3v) is 3.83. The summed E-state index contributed by atoms with van der Waals surface area (Å²) in [6.07, 6.45) is 0. The van der Waals surface area contributed by atoms with Gasteiger partial charge < -0.3 is 18.9 Å². The Hall–Kier alpha value is -2.88. The van der Waals surface area contributed by atoms with Gasteiger partial charge in [0.2, 0.25) is 0 Å². The van der Waals surface area contributed by atoms with Crippen LogP contribution in [0.1, 0.15) is 11.1 Å². The van der Waals surface area contributed by atoms with Gasteiger partial charge in [-0.05, 0) is 46.5 Å². The molecule has 4 nitrogen and oxygen atoms in total. The zero-order chi connectivity index (χ0) is 17.7. The second kappa shape index (κ2) is 7.59. The summed E-state index contributed by atoms with van der Waals surface area (Å²) in [4.78, 5) is 0. The molecular formula is C20H22O4. The molecule has 126 valence electrons. The number of methoxy groups -OCH3 is 4. The highest BCUT2D eigenvalue weighted by Crippen LogP contribution is 2.37. The first-order chi connectivity index (χ1) is 11.5. The van der Waals surface area contributed by atoms with Crippen molar-refractivity contribution in [2.24, 2.45) is 0 Å². The minimum atomic E-state index is 0.649. The molecule has 2 rings (SSSR count). The van der Waals surface area contributed by atoms with Gasteiger partial charge in [0.25, 0.3) is 0 Å². The first-order valence-electron chi connectivity index (χ1n) is 7.38. The third-order valence-electron chi connectivity index (χ3n) is 3.83. The second-order valence-electron chi connectivity index (χ2n) is 5.10. The molecule has 4 heteroatoms. The Balaban J connectivity index is 2.34. The second-order valence-corrected chi connectivity index (χ2v) is 5.10.